The van der Waals surface area contributed by atoms with Crippen LogP contribution in [-0.2, 0) is 14.8 Å². The molecule has 1 aromatic carbocycles. The van der Waals surface area contributed by atoms with Crippen molar-refractivity contribution in [2.24, 2.45) is 5.92 Å². The molecule has 1 aromatic heterocycles. The van der Waals surface area contributed by atoms with Crippen molar-refractivity contribution in [3.63, 3.8) is 0 Å². The number of hydrogen-bond donors (Lipinski definition) is 1. The summed E-state index contributed by atoms with van der Waals surface area (Å²) in [5, 5.41) is 8.20. The summed E-state index contributed by atoms with van der Waals surface area (Å²) in [5.74, 6) is -0.607. The standard InChI is InChI=1S/C33H47FN6O3S.C11H22O2/c1-23-21-38(33(4)12-16-37(17-13-33)32(41)30-24(2)35-22-36-25(30)3)18-19-40(23)31(27-6-5-7-28(34)20-27)26-10-14-39(15-11-26)44(42,43)29-8-9-29;1-2-3-4-5-6-7-8-9-10-11(12)13/h5-7,20,22-23,26,29,31H,8-19,21H2,1-4H3;2-10H2,1H3,(H,12,13)/t23-,31+;/m1./s1. The second-order valence-corrected chi connectivity index (χ2v) is 19.6. The number of nitrogens with zero attached hydrogens (tertiary/aromatic N) is 6. The lowest BCUT2D eigenvalue weighted by Crippen LogP contribution is -2.63. The molecule has 4 fully saturated rings. The molecule has 4 heterocycles. The van der Waals surface area contributed by atoms with Gasteiger partial charge < -0.3 is 10.0 Å². The minimum absolute atomic E-state index is 0.00866. The Hall–Kier alpha value is -3.00. The van der Waals surface area contributed by atoms with Crippen LogP contribution in [0.5, 0.6) is 0 Å². The molecule has 0 spiro atoms. The smallest absolute Gasteiger partial charge is 0.303 e. The Morgan fingerprint density at radius 3 is 2.07 bits per heavy atom. The molecule has 2 atom stereocenters. The Morgan fingerprint density at radius 2 is 1.51 bits per heavy atom. The maximum absolute atomic E-state index is 14.5. The predicted octanol–water partition coefficient (Wildman–Crippen LogP) is 7.78. The van der Waals surface area contributed by atoms with E-state index in [4.69, 9.17) is 5.11 Å². The average molecular weight is 813 g/mol. The number of piperazine rings is 1. The number of amides is 1. The first-order valence-corrected chi connectivity index (χ1v) is 23.3. The summed E-state index contributed by atoms with van der Waals surface area (Å²) in [6, 6.07) is 7.29. The number of benzene rings is 1. The van der Waals surface area contributed by atoms with Crippen molar-refractivity contribution in [2.75, 3.05) is 45.8 Å². The number of aliphatic carboxylic acids is 1. The second kappa shape index (κ2) is 20.8. The summed E-state index contributed by atoms with van der Waals surface area (Å²) in [5.41, 5.74) is 3.05. The number of carbonyl (C=O) groups is 2. The normalized spacial score (nSPS) is 21.8. The highest BCUT2D eigenvalue weighted by Gasteiger charge is 2.45. The van der Waals surface area contributed by atoms with Crippen LogP contribution in [0, 0.1) is 25.6 Å². The summed E-state index contributed by atoms with van der Waals surface area (Å²) in [6.45, 7) is 15.7. The lowest BCUT2D eigenvalue weighted by atomic mass is 9.82. The van der Waals surface area contributed by atoms with Crippen molar-refractivity contribution in [1.82, 2.24) is 29.0 Å². The summed E-state index contributed by atoms with van der Waals surface area (Å²) < 4.78 is 42.0. The van der Waals surface area contributed by atoms with Crippen molar-refractivity contribution in [2.45, 2.75) is 154 Å². The van der Waals surface area contributed by atoms with Gasteiger partial charge in [0.15, 0.2) is 0 Å². The summed E-state index contributed by atoms with van der Waals surface area (Å²) in [4.78, 5) is 39.2. The minimum Gasteiger partial charge on any atom is -0.481 e. The van der Waals surface area contributed by atoms with Gasteiger partial charge in [0, 0.05) is 69.9 Å². The Balaban J connectivity index is 0.000000411. The predicted molar refractivity (Wildman–Crippen MR) is 223 cm³/mol. The van der Waals surface area contributed by atoms with Crippen molar-refractivity contribution in [3.8, 4) is 0 Å². The molecule has 0 unspecified atom stereocenters. The number of hydrogen-bond acceptors (Lipinski definition) is 8. The van der Waals surface area contributed by atoms with Gasteiger partial charge in [0.2, 0.25) is 10.0 Å². The van der Waals surface area contributed by atoms with Crippen LogP contribution >= 0.6 is 0 Å². The first-order valence-electron chi connectivity index (χ1n) is 21.8. The SMILES string of the molecule is CCCCCCCCCCC(=O)O.Cc1ncnc(C)c1C(=O)N1CCC(C)(N2CCN([C@H](c3cccc(F)c3)C3CCN(S(=O)(=O)C4CC4)CC3)[C@H](C)C2)CC1. The maximum atomic E-state index is 14.5. The van der Waals surface area contributed by atoms with Crippen LogP contribution in [-0.4, -0.2) is 117 Å². The zero-order chi connectivity index (χ0) is 41.2. The fourth-order valence-electron chi connectivity index (χ4n) is 9.30. The molecule has 318 valence electrons. The van der Waals surface area contributed by atoms with E-state index >= 15 is 0 Å². The number of carboxylic acids is 1. The fourth-order valence-corrected chi connectivity index (χ4v) is 11.2. The van der Waals surface area contributed by atoms with E-state index in [0.717, 1.165) is 88.0 Å². The highest BCUT2D eigenvalue weighted by Crippen LogP contribution is 2.41. The number of carbonyl (C=O) groups excluding carboxylic acids is 1. The van der Waals surface area contributed by atoms with Gasteiger partial charge in [0.05, 0.1) is 22.2 Å². The van der Waals surface area contributed by atoms with E-state index in [1.54, 1.807) is 16.4 Å². The molecule has 1 saturated carbocycles. The van der Waals surface area contributed by atoms with E-state index in [9.17, 15) is 22.4 Å². The molecular weight excluding hydrogens is 744 g/mol. The van der Waals surface area contributed by atoms with Crippen LogP contribution in [0.15, 0.2) is 30.6 Å². The van der Waals surface area contributed by atoms with Crippen molar-refractivity contribution < 1.29 is 27.5 Å². The van der Waals surface area contributed by atoms with Gasteiger partial charge in [0.25, 0.3) is 5.91 Å². The van der Waals surface area contributed by atoms with Crippen LogP contribution in [0.2, 0.25) is 0 Å². The lowest BCUT2D eigenvalue weighted by molar-refractivity contribution is -0.137. The van der Waals surface area contributed by atoms with Gasteiger partial charge in [-0.1, -0.05) is 64.0 Å². The van der Waals surface area contributed by atoms with Gasteiger partial charge >= 0.3 is 5.97 Å². The largest absolute Gasteiger partial charge is 0.481 e. The van der Waals surface area contributed by atoms with E-state index in [1.807, 2.05) is 24.8 Å². The first kappa shape index (κ1) is 45.1. The van der Waals surface area contributed by atoms with Crippen LogP contribution < -0.4 is 0 Å². The molecule has 1 N–H and O–H groups in total. The molecule has 6 rings (SSSR count). The number of sulfonamides is 1. The summed E-state index contributed by atoms with van der Waals surface area (Å²) >= 11 is 0. The van der Waals surface area contributed by atoms with E-state index in [1.165, 1.54) is 50.9 Å². The number of carboxylic acid groups (broad SMARTS) is 1. The zero-order valence-electron chi connectivity index (χ0n) is 35.3. The lowest BCUT2D eigenvalue weighted by Gasteiger charge is -2.54. The highest BCUT2D eigenvalue weighted by molar-refractivity contribution is 7.90. The fraction of sp³-hybridized carbons (Fsp3) is 0.727. The van der Waals surface area contributed by atoms with Crippen LogP contribution in [0.1, 0.15) is 150 Å². The van der Waals surface area contributed by atoms with Gasteiger partial charge in [-0.15, -0.1) is 0 Å². The third-order valence-corrected chi connectivity index (χ3v) is 15.5. The van der Waals surface area contributed by atoms with Gasteiger partial charge in [-0.2, -0.15) is 0 Å². The number of rotatable bonds is 16. The number of aryl methyl sites for hydroxylation is 2. The van der Waals surface area contributed by atoms with Crippen LogP contribution in [0.25, 0.3) is 0 Å². The van der Waals surface area contributed by atoms with E-state index < -0.39 is 16.0 Å². The highest BCUT2D eigenvalue weighted by atomic mass is 32.2. The van der Waals surface area contributed by atoms with E-state index in [0.29, 0.717) is 38.2 Å². The van der Waals surface area contributed by atoms with Gasteiger partial charge in [-0.05, 0) is 96.3 Å². The molecule has 4 aliphatic rings. The number of likely N-dealkylation sites (tertiary alicyclic amines) is 1. The third kappa shape index (κ3) is 12.0. The Labute approximate surface area is 341 Å². The number of aromatic nitrogens is 2. The molecule has 3 saturated heterocycles. The average Bonchev–Trinajstić information content (AvgIpc) is 4.04. The van der Waals surface area contributed by atoms with E-state index in [2.05, 4.69) is 40.5 Å². The molecule has 13 heteroatoms. The molecular formula is C44H69FN6O5S. The van der Waals surface area contributed by atoms with Crippen LogP contribution in [0.4, 0.5) is 4.39 Å². The molecule has 1 amide bonds. The summed E-state index contributed by atoms with van der Waals surface area (Å²) in [7, 11) is -3.18. The molecule has 2 aromatic rings. The topological polar surface area (TPSA) is 127 Å². The quantitative estimate of drug-likeness (QED) is 0.169. The molecule has 57 heavy (non-hydrogen) atoms. The zero-order valence-corrected chi connectivity index (χ0v) is 36.1. The Kier molecular flexibility index (Phi) is 16.5. The molecule has 11 nitrogen and oxygen atoms in total. The summed E-state index contributed by atoms with van der Waals surface area (Å²) in [6.07, 6.45) is 16.5. The maximum Gasteiger partial charge on any atom is 0.303 e. The number of piperidine rings is 2. The third-order valence-electron chi connectivity index (χ3n) is 13.1. The first-order chi connectivity index (χ1) is 27.2. The van der Waals surface area contributed by atoms with Gasteiger partial charge in [-0.3, -0.25) is 19.4 Å². The molecule has 0 radical (unpaired) electrons. The number of unbranched alkanes of at least 4 members (excludes halogenated alkanes) is 7. The second-order valence-electron chi connectivity index (χ2n) is 17.3. The van der Waals surface area contributed by atoms with Crippen LogP contribution in [0.3, 0.4) is 0 Å². The molecule has 3 aliphatic heterocycles. The van der Waals surface area contributed by atoms with Crippen molar-refractivity contribution in [1.29, 1.82) is 0 Å². The van der Waals surface area contributed by atoms with Crippen molar-refractivity contribution in [3.05, 3.63) is 58.9 Å². The van der Waals surface area contributed by atoms with Crippen molar-refractivity contribution >= 4 is 21.9 Å². The minimum atomic E-state index is -3.18. The molecule has 1 aliphatic carbocycles. The monoisotopic (exact) mass is 813 g/mol. The van der Waals surface area contributed by atoms with Gasteiger partial charge in [0.1, 0.15) is 12.1 Å². The Morgan fingerprint density at radius 1 is 0.895 bits per heavy atom. The number of halogens is 1. The molecule has 0 bridgehead atoms. The van der Waals surface area contributed by atoms with Gasteiger partial charge in [-0.25, -0.2) is 27.1 Å². The Bertz CT molecular complexity index is 1700. The van der Waals surface area contributed by atoms with E-state index in [-0.39, 0.29) is 40.5 Å².